The van der Waals surface area contributed by atoms with Gasteiger partial charge in [0.2, 0.25) is 14.2 Å². The van der Waals surface area contributed by atoms with Crippen LogP contribution in [0.2, 0.25) is 18.1 Å². The maximum absolute atomic E-state index is 13.0. The molecule has 2 N–H and O–H groups in total. The molecule has 1 aliphatic rings. The van der Waals surface area contributed by atoms with Crippen LogP contribution >= 0.6 is 0 Å². The monoisotopic (exact) mass is 404 g/mol. The molecule has 1 aromatic carbocycles. The molecule has 154 valence electrons. The summed E-state index contributed by atoms with van der Waals surface area (Å²) >= 11 is 0. The van der Waals surface area contributed by atoms with Gasteiger partial charge in [-0.25, -0.2) is 0 Å². The second-order valence-corrected chi connectivity index (χ2v) is 13.5. The standard InChI is InChI=1S/C21H32N2O4Si/c1-14(26-5)11-12-17(19(22)24)23-13-16-15(20(23)25)9-8-10-18(16)27-28(6,7)21(2,3)4/h8-10,17H,1,11-13H2,2-7H3,(H2,22,24). The van der Waals surface area contributed by atoms with E-state index in [1.165, 1.54) is 12.0 Å². The summed E-state index contributed by atoms with van der Waals surface area (Å²) in [6.45, 7) is 14.9. The Morgan fingerprint density at radius 3 is 2.54 bits per heavy atom. The summed E-state index contributed by atoms with van der Waals surface area (Å²) in [7, 11) is -0.535. The van der Waals surface area contributed by atoms with Crippen LogP contribution in [0.4, 0.5) is 0 Å². The van der Waals surface area contributed by atoms with Gasteiger partial charge >= 0.3 is 0 Å². The predicted molar refractivity (Wildman–Crippen MR) is 113 cm³/mol. The fourth-order valence-corrected chi connectivity index (χ4v) is 4.00. The van der Waals surface area contributed by atoms with Crippen molar-refractivity contribution in [3.05, 3.63) is 41.7 Å². The smallest absolute Gasteiger partial charge is 0.255 e. The van der Waals surface area contributed by atoms with E-state index in [4.69, 9.17) is 14.9 Å². The Kier molecular flexibility index (Phi) is 6.28. The van der Waals surface area contributed by atoms with E-state index in [0.29, 0.717) is 30.7 Å². The molecule has 7 heteroatoms. The number of nitrogens with two attached hydrogens (primary N) is 1. The zero-order valence-corrected chi connectivity index (χ0v) is 18.8. The van der Waals surface area contributed by atoms with Crippen LogP contribution in [0.1, 0.15) is 49.5 Å². The van der Waals surface area contributed by atoms with Crippen LogP contribution in [0.5, 0.6) is 5.75 Å². The number of fused-ring (bicyclic) bond motifs is 1. The third-order valence-electron chi connectivity index (χ3n) is 5.81. The van der Waals surface area contributed by atoms with Gasteiger partial charge in [-0.3, -0.25) is 9.59 Å². The summed E-state index contributed by atoms with van der Waals surface area (Å²) in [6.07, 6.45) is 0.831. The van der Waals surface area contributed by atoms with E-state index in [2.05, 4.69) is 40.4 Å². The quantitative estimate of drug-likeness (QED) is 0.527. The van der Waals surface area contributed by atoms with Crippen molar-refractivity contribution in [2.75, 3.05) is 7.11 Å². The minimum Gasteiger partial charge on any atom is -0.543 e. The number of amides is 2. The first-order valence-electron chi connectivity index (χ1n) is 9.52. The molecular weight excluding hydrogens is 372 g/mol. The highest BCUT2D eigenvalue weighted by Crippen LogP contribution is 2.40. The molecule has 1 atom stereocenters. The lowest BCUT2D eigenvalue weighted by Crippen LogP contribution is -2.45. The third kappa shape index (κ3) is 4.40. The highest BCUT2D eigenvalue weighted by Gasteiger charge is 2.41. The fourth-order valence-electron chi connectivity index (χ4n) is 2.95. The molecule has 0 aliphatic carbocycles. The minimum absolute atomic E-state index is 0.0360. The zero-order chi connectivity index (χ0) is 21.3. The average molecular weight is 405 g/mol. The summed E-state index contributed by atoms with van der Waals surface area (Å²) in [6, 6.07) is 4.80. The van der Waals surface area contributed by atoms with E-state index < -0.39 is 20.3 Å². The summed E-state index contributed by atoms with van der Waals surface area (Å²) in [4.78, 5) is 26.6. The topological polar surface area (TPSA) is 81.9 Å². The molecule has 0 bridgehead atoms. The van der Waals surface area contributed by atoms with E-state index in [1.54, 1.807) is 6.07 Å². The molecule has 1 aliphatic heterocycles. The number of carbonyl (C=O) groups is 2. The number of benzene rings is 1. The number of nitrogens with zero attached hydrogens (tertiary/aromatic N) is 1. The fraction of sp³-hybridized carbons (Fsp3) is 0.524. The average Bonchev–Trinajstić information content (AvgIpc) is 2.91. The molecule has 2 amide bonds. The molecule has 28 heavy (non-hydrogen) atoms. The number of hydrogen-bond acceptors (Lipinski definition) is 4. The number of methoxy groups -OCH3 is 1. The number of hydrogen-bond donors (Lipinski definition) is 1. The summed E-state index contributed by atoms with van der Waals surface area (Å²) in [5.74, 6) is 0.557. The first-order chi connectivity index (χ1) is 12.9. The number of allylic oxidation sites excluding steroid dienone is 1. The minimum atomic E-state index is -2.07. The van der Waals surface area contributed by atoms with Crippen LogP contribution in [0.15, 0.2) is 30.5 Å². The van der Waals surface area contributed by atoms with Gasteiger partial charge in [-0.1, -0.05) is 33.4 Å². The van der Waals surface area contributed by atoms with Crippen molar-refractivity contribution in [2.24, 2.45) is 5.73 Å². The van der Waals surface area contributed by atoms with Gasteiger partial charge in [0.15, 0.2) is 0 Å². The van der Waals surface area contributed by atoms with E-state index >= 15 is 0 Å². The number of rotatable bonds is 8. The summed E-state index contributed by atoms with van der Waals surface area (Å²) in [5, 5.41) is 0.0360. The van der Waals surface area contributed by atoms with Gasteiger partial charge < -0.3 is 19.8 Å². The van der Waals surface area contributed by atoms with E-state index in [9.17, 15) is 9.59 Å². The predicted octanol–water partition coefficient (Wildman–Crippen LogP) is 3.82. The maximum atomic E-state index is 13.0. The first kappa shape index (κ1) is 22.0. The molecule has 1 aromatic rings. The molecule has 0 aromatic heterocycles. The van der Waals surface area contributed by atoms with Gasteiger partial charge in [-0.05, 0) is 36.7 Å². The van der Waals surface area contributed by atoms with Crippen LogP contribution in [0, 0.1) is 0 Å². The van der Waals surface area contributed by atoms with Gasteiger partial charge in [0, 0.05) is 17.5 Å². The van der Waals surface area contributed by atoms with E-state index in [0.717, 1.165) is 11.3 Å². The van der Waals surface area contributed by atoms with Gasteiger partial charge in [-0.15, -0.1) is 0 Å². The maximum Gasteiger partial charge on any atom is 0.255 e. The number of carbonyl (C=O) groups excluding carboxylic acids is 2. The molecule has 0 spiro atoms. The van der Waals surface area contributed by atoms with Crippen LogP contribution in [0.3, 0.4) is 0 Å². The van der Waals surface area contributed by atoms with Crippen LogP contribution in [0.25, 0.3) is 0 Å². The van der Waals surface area contributed by atoms with Gasteiger partial charge in [0.25, 0.3) is 5.91 Å². The van der Waals surface area contributed by atoms with E-state index in [-0.39, 0.29) is 10.9 Å². The zero-order valence-electron chi connectivity index (χ0n) is 17.8. The van der Waals surface area contributed by atoms with Crippen LogP contribution in [-0.2, 0) is 16.1 Å². The Morgan fingerprint density at radius 2 is 2.00 bits per heavy atom. The lowest BCUT2D eigenvalue weighted by atomic mass is 10.1. The van der Waals surface area contributed by atoms with Crippen molar-refractivity contribution in [3.8, 4) is 5.75 Å². The van der Waals surface area contributed by atoms with Gasteiger partial charge in [0.1, 0.15) is 11.8 Å². The molecular formula is C21H32N2O4Si. The second-order valence-electron chi connectivity index (χ2n) is 8.78. The second kappa shape index (κ2) is 7.99. The van der Waals surface area contributed by atoms with Gasteiger partial charge in [-0.2, -0.15) is 0 Å². The lowest BCUT2D eigenvalue weighted by molar-refractivity contribution is -0.122. The molecule has 0 saturated heterocycles. The van der Waals surface area contributed by atoms with Crippen molar-refractivity contribution in [1.29, 1.82) is 0 Å². The van der Waals surface area contributed by atoms with Crippen molar-refractivity contribution < 1.29 is 18.8 Å². The Bertz CT molecular complexity index is 783. The molecule has 1 unspecified atom stereocenters. The largest absolute Gasteiger partial charge is 0.543 e. The highest BCUT2D eigenvalue weighted by atomic mass is 28.4. The van der Waals surface area contributed by atoms with Crippen molar-refractivity contribution in [2.45, 2.75) is 64.3 Å². The summed E-state index contributed by atoms with van der Waals surface area (Å²) in [5.41, 5.74) is 7.02. The molecule has 0 fully saturated rings. The third-order valence-corrected chi connectivity index (χ3v) is 10.2. The Balaban J connectivity index is 2.31. The normalized spacial score (nSPS) is 15.2. The molecule has 2 rings (SSSR count). The number of primary amides is 1. The molecule has 6 nitrogen and oxygen atoms in total. The Hall–Kier alpha value is -2.28. The van der Waals surface area contributed by atoms with E-state index in [1.807, 2.05) is 12.1 Å². The molecule has 0 radical (unpaired) electrons. The molecule has 0 saturated carbocycles. The SMILES string of the molecule is C=C(CCC(C(N)=O)N1Cc2c(O[Si](C)(C)C(C)(C)C)cccc2C1=O)OC. The Labute approximate surface area is 168 Å². The Morgan fingerprint density at radius 1 is 1.36 bits per heavy atom. The van der Waals surface area contributed by atoms with Gasteiger partial charge in [0.05, 0.1) is 19.4 Å². The van der Waals surface area contributed by atoms with Crippen LogP contribution < -0.4 is 10.2 Å². The number of ether oxygens (including phenoxy) is 1. The van der Waals surface area contributed by atoms with Crippen molar-refractivity contribution in [1.82, 2.24) is 4.90 Å². The summed E-state index contributed by atoms with van der Waals surface area (Å²) < 4.78 is 11.5. The lowest BCUT2D eigenvalue weighted by Gasteiger charge is -2.37. The van der Waals surface area contributed by atoms with Crippen LogP contribution in [-0.4, -0.2) is 38.2 Å². The van der Waals surface area contributed by atoms with Crippen molar-refractivity contribution in [3.63, 3.8) is 0 Å². The highest BCUT2D eigenvalue weighted by molar-refractivity contribution is 6.74. The first-order valence-corrected chi connectivity index (χ1v) is 12.4. The van der Waals surface area contributed by atoms with Crippen molar-refractivity contribution >= 4 is 20.1 Å². The molecule has 1 heterocycles.